The second-order valence-electron chi connectivity index (χ2n) is 5.45. The smallest absolute Gasteiger partial charge is 0.305 e. The summed E-state index contributed by atoms with van der Waals surface area (Å²) in [7, 11) is 1.41. The Hall–Kier alpha value is -2.73. The maximum Gasteiger partial charge on any atom is 0.305 e. The summed E-state index contributed by atoms with van der Waals surface area (Å²) in [5.74, 6) is -0.203. The van der Waals surface area contributed by atoms with Crippen molar-refractivity contribution in [2.75, 3.05) is 12.5 Å². The van der Waals surface area contributed by atoms with E-state index in [9.17, 15) is 4.79 Å². The van der Waals surface area contributed by atoms with Crippen LogP contribution >= 0.6 is 11.3 Å². The van der Waals surface area contributed by atoms with Crippen molar-refractivity contribution in [2.24, 2.45) is 5.10 Å². The Morgan fingerprint density at radius 3 is 2.72 bits per heavy atom. The summed E-state index contributed by atoms with van der Waals surface area (Å²) in [6, 6.07) is 17.8. The number of hydrogen-bond acceptors (Lipinski definition) is 6. The van der Waals surface area contributed by atoms with E-state index in [1.807, 2.05) is 54.6 Å². The van der Waals surface area contributed by atoms with E-state index < -0.39 is 0 Å². The molecular formula is C19H19N3O2S. The van der Waals surface area contributed by atoms with Gasteiger partial charge in [0, 0.05) is 6.42 Å². The Bertz CT molecular complexity index is 923. The van der Waals surface area contributed by atoms with Crippen LogP contribution in [0.3, 0.4) is 0 Å². The number of rotatable bonds is 6. The lowest BCUT2D eigenvalue weighted by Crippen LogP contribution is -2.13. The van der Waals surface area contributed by atoms with Crippen LogP contribution in [0.1, 0.15) is 18.5 Å². The zero-order valence-electron chi connectivity index (χ0n) is 13.9. The van der Waals surface area contributed by atoms with Crippen LogP contribution in [0.4, 0.5) is 5.69 Å². The van der Waals surface area contributed by atoms with E-state index in [4.69, 9.17) is 9.72 Å². The fraction of sp³-hybridized carbons (Fsp3) is 0.211. The molecular weight excluding hydrogens is 334 g/mol. The highest BCUT2D eigenvalue weighted by atomic mass is 32.1. The zero-order chi connectivity index (χ0) is 17.5. The van der Waals surface area contributed by atoms with Crippen molar-refractivity contribution in [1.29, 1.82) is 0 Å². The molecule has 5 nitrogen and oxygen atoms in total. The molecule has 6 heteroatoms. The molecule has 25 heavy (non-hydrogen) atoms. The molecule has 0 amide bonds. The summed E-state index contributed by atoms with van der Waals surface area (Å²) >= 11 is 1.59. The first-order valence-electron chi connectivity index (χ1n) is 8.06. The van der Waals surface area contributed by atoms with E-state index in [0.717, 1.165) is 26.3 Å². The first-order chi connectivity index (χ1) is 12.3. The summed E-state index contributed by atoms with van der Waals surface area (Å²) in [5.41, 5.74) is 5.83. The van der Waals surface area contributed by atoms with Gasteiger partial charge in [0.2, 0.25) is 0 Å². The van der Waals surface area contributed by atoms with Crippen LogP contribution < -0.4 is 10.1 Å². The molecule has 0 atom stereocenters. The molecule has 0 aliphatic carbocycles. The van der Waals surface area contributed by atoms with Gasteiger partial charge < -0.3 is 4.74 Å². The predicted molar refractivity (Wildman–Crippen MR) is 100 cm³/mol. The molecule has 1 aromatic heterocycles. The molecule has 3 rings (SSSR count). The zero-order valence-corrected chi connectivity index (χ0v) is 14.8. The van der Waals surface area contributed by atoms with E-state index in [1.165, 1.54) is 7.11 Å². The van der Waals surface area contributed by atoms with Gasteiger partial charge in [-0.05, 0) is 37.1 Å². The second kappa shape index (κ2) is 8.39. The maximum atomic E-state index is 11.3. The van der Waals surface area contributed by atoms with Gasteiger partial charge in [0.15, 0.2) is 4.67 Å². The third-order valence-corrected chi connectivity index (χ3v) is 4.74. The number of para-hydroxylation sites is 2. The molecule has 0 saturated carbocycles. The van der Waals surface area contributed by atoms with Gasteiger partial charge in [-0.1, -0.05) is 30.3 Å². The lowest BCUT2D eigenvalue weighted by Gasteiger charge is -2.05. The van der Waals surface area contributed by atoms with E-state index in [0.29, 0.717) is 19.3 Å². The van der Waals surface area contributed by atoms with Crippen LogP contribution in [0.15, 0.2) is 59.7 Å². The van der Waals surface area contributed by atoms with E-state index in [-0.39, 0.29) is 5.97 Å². The van der Waals surface area contributed by atoms with Crippen molar-refractivity contribution in [1.82, 2.24) is 4.98 Å². The standard InChI is InChI=1S/C19H19N3O2S/c1-24-18(23)13-7-11-16-19(22-21-14-8-3-2-4-9-14)25-17-12-6-5-10-15(17)20-16/h2-6,8-10,12,21H,7,11,13H2,1H3/b22-19-. The first kappa shape index (κ1) is 17.1. The number of fused-ring (bicyclic) bond motifs is 1. The van der Waals surface area contributed by atoms with Crippen LogP contribution in [-0.4, -0.2) is 18.1 Å². The third kappa shape index (κ3) is 4.64. The maximum absolute atomic E-state index is 11.3. The first-order valence-corrected chi connectivity index (χ1v) is 8.88. The molecule has 0 aliphatic rings. The number of ether oxygens (including phenoxy) is 1. The van der Waals surface area contributed by atoms with Crippen molar-refractivity contribution < 1.29 is 9.53 Å². The van der Waals surface area contributed by atoms with Crippen molar-refractivity contribution >= 4 is 33.2 Å². The fourth-order valence-electron chi connectivity index (χ4n) is 2.37. The van der Waals surface area contributed by atoms with Gasteiger partial charge in [0.1, 0.15) is 0 Å². The van der Waals surface area contributed by atoms with E-state index in [1.54, 1.807) is 11.3 Å². The van der Waals surface area contributed by atoms with Crippen LogP contribution in [0.5, 0.6) is 0 Å². The minimum Gasteiger partial charge on any atom is -0.469 e. The molecule has 0 saturated heterocycles. The number of nitrogens with one attached hydrogen (secondary N) is 1. The number of nitrogens with zero attached hydrogens (tertiary/aromatic N) is 2. The van der Waals surface area contributed by atoms with Crippen molar-refractivity contribution in [3.8, 4) is 0 Å². The largest absolute Gasteiger partial charge is 0.469 e. The minimum atomic E-state index is -0.203. The average Bonchev–Trinajstić information content (AvgIpc) is 2.66. The van der Waals surface area contributed by atoms with E-state index >= 15 is 0 Å². The molecule has 0 aliphatic heterocycles. The highest BCUT2D eigenvalue weighted by Crippen LogP contribution is 2.15. The lowest BCUT2D eigenvalue weighted by atomic mass is 10.2. The molecule has 1 N–H and O–H groups in total. The Morgan fingerprint density at radius 2 is 1.92 bits per heavy atom. The number of carbonyl (C=O) groups excluding carboxylic acids is 1. The molecule has 3 aromatic rings. The Morgan fingerprint density at radius 1 is 1.16 bits per heavy atom. The molecule has 128 valence electrons. The lowest BCUT2D eigenvalue weighted by molar-refractivity contribution is -0.140. The summed E-state index contributed by atoms with van der Waals surface area (Å²) in [4.78, 5) is 16.1. The van der Waals surface area contributed by atoms with Gasteiger partial charge in [-0.3, -0.25) is 10.2 Å². The normalized spacial score (nSPS) is 11.5. The van der Waals surface area contributed by atoms with Crippen molar-refractivity contribution in [3.05, 3.63) is 65.0 Å². The summed E-state index contributed by atoms with van der Waals surface area (Å²) in [6.07, 6.45) is 1.73. The highest BCUT2D eigenvalue weighted by Gasteiger charge is 2.06. The number of carbonyl (C=O) groups is 1. The Kier molecular flexibility index (Phi) is 5.74. The van der Waals surface area contributed by atoms with Gasteiger partial charge in [-0.25, -0.2) is 4.98 Å². The van der Waals surface area contributed by atoms with Gasteiger partial charge in [-0.15, -0.1) is 11.3 Å². The second-order valence-corrected chi connectivity index (χ2v) is 6.48. The van der Waals surface area contributed by atoms with E-state index in [2.05, 4.69) is 10.5 Å². The summed E-state index contributed by atoms with van der Waals surface area (Å²) in [6.45, 7) is 0. The number of anilines is 1. The minimum absolute atomic E-state index is 0.203. The highest BCUT2D eigenvalue weighted by molar-refractivity contribution is 7.16. The van der Waals surface area contributed by atoms with Gasteiger partial charge in [0.25, 0.3) is 0 Å². The number of esters is 1. The predicted octanol–water partition coefficient (Wildman–Crippen LogP) is 3.72. The third-order valence-electron chi connectivity index (χ3n) is 3.66. The van der Waals surface area contributed by atoms with Crippen molar-refractivity contribution in [2.45, 2.75) is 19.3 Å². The van der Waals surface area contributed by atoms with Crippen LogP contribution in [0.25, 0.3) is 10.2 Å². The molecule has 1 heterocycles. The monoisotopic (exact) mass is 353 g/mol. The summed E-state index contributed by atoms with van der Waals surface area (Å²) < 4.78 is 6.60. The number of methoxy groups -OCH3 is 1. The number of benzene rings is 2. The van der Waals surface area contributed by atoms with Gasteiger partial charge in [-0.2, -0.15) is 5.10 Å². The molecule has 2 aromatic carbocycles. The SMILES string of the molecule is COC(=O)CCCc1nc2ccccc2s/c1=N\Nc1ccccc1. The van der Waals surface area contributed by atoms with Crippen LogP contribution in [0, 0.1) is 0 Å². The van der Waals surface area contributed by atoms with Gasteiger partial charge in [0.05, 0.1) is 28.7 Å². The number of aryl methyl sites for hydroxylation is 1. The molecule has 0 bridgehead atoms. The quantitative estimate of drug-likeness (QED) is 0.542. The van der Waals surface area contributed by atoms with Crippen molar-refractivity contribution in [3.63, 3.8) is 0 Å². The molecule has 0 spiro atoms. The number of hydrogen-bond donors (Lipinski definition) is 1. The van der Waals surface area contributed by atoms with Crippen LogP contribution in [0.2, 0.25) is 0 Å². The fourth-order valence-corrected chi connectivity index (χ4v) is 3.30. The molecule has 0 radical (unpaired) electrons. The Balaban J connectivity index is 1.90. The molecule has 0 unspecified atom stereocenters. The van der Waals surface area contributed by atoms with Crippen LogP contribution in [-0.2, 0) is 16.0 Å². The molecule has 0 fully saturated rings. The number of aromatic nitrogens is 1. The summed E-state index contributed by atoms with van der Waals surface area (Å²) in [5, 5.41) is 4.53. The topological polar surface area (TPSA) is 63.6 Å². The average molecular weight is 353 g/mol. The van der Waals surface area contributed by atoms with Gasteiger partial charge >= 0.3 is 5.97 Å². The Labute approximate surface area is 150 Å².